The van der Waals surface area contributed by atoms with Crippen molar-refractivity contribution in [3.63, 3.8) is 0 Å². The molecule has 1 aliphatic rings. The third-order valence-electron chi connectivity index (χ3n) is 3.62. The molecule has 2 heteroatoms. The number of H-pyrrole nitrogens is 1. The lowest BCUT2D eigenvalue weighted by atomic mass is 9.96. The molecular weight excluding hydrogens is 222 g/mol. The van der Waals surface area contributed by atoms with Crippen LogP contribution in [-0.4, -0.2) is 11.6 Å². The summed E-state index contributed by atoms with van der Waals surface area (Å²) in [5, 5.41) is 1.25. The summed E-state index contributed by atoms with van der Waals surface area (Å²) < 4.78 is 5.64. The van der Waals surface area contributed by atoms with E-state index in [0.29, 0.717) is 0 Å². The fourth-order valence-corrected chi connectivity index (χ4v) is 2.78. The molecule has 0 unspecified atom stereocenters. The van der Waals surface area contributed by atoms with Crippen LogP contribution >= 0.6 is 0 Å². The van der Waals surface area contributed by atoms with Crippen molar-refractivity contribution in [3.05, 3.63) is 54.2 Å². The lowest BCUT2D eigenvalue weighted by molar-refractivity contribution is 0.357. The molecule has 0 aliphatic carbocycles. The van der Waals surface area contributed by atoms with Crippen LogP contribution in [0.5, 0.6) is 5.75 Å². The molecule has 2 heterocycles. The van der Waals surface area contributed by atoms with E-state index >= 15 is 0 Å². The zero-order valence-electron chi connectivity index (χ0n) is 9.94. The molecule has 4 rings (SSSR count). The monoisotopic (exact) mass is 235 g/mol. The van der Waals surface area contributed by atoms with Crippen LogP contribution in [0, 0.1) is 0 Å². The van der Waals surface area contributed by atoms with E-state index < -0.39 is 0 Å². The average Bonchev–Trinajstić information content (AvgIpc) is 3.06. The first-order valence-corrected chi connectivity index (χ1v) is 6.25. The Labute approximate surface area is 105 Å². The Kier molecular flexibility index (Phi) is 1.97. The molecular formula is C16H13NO. The van der Waals surface area contributed by atoms with E-state index in [-0.39, 0.29) is 0 Å². The number of hydrogen-bond donors (Lipinski definition) is 1. The van der Waals surface area contributed by atoms with Crippen LogP contribution in [0.4, 0.5) is 0 Å². The lowest BCUT2D eigenvalue weighted by Gasteiger charge is -2.08. The highest BCUT2D eigenvalue weighted by Gasteiger charge is 2.17. The number of rotatable bonds is 1. The Morgan fingerprint density at radius 1 is 0.944 bits per heavy atom. The van der Waals surface area contributed by atoms with Crippen molar-refractivity contribution in [2.45, 2.75) is 6.42 Å². The maximum absolute atomic E-state index is 5.64. The molecule has 3 aromatic rings. The first-order chi connectivity index (χ1) is 8.93. The van der Waals surface area contributed by atoms with Gasteiger partial charge in [-0.25, -0.2) is 0 Å². The number of nitrogens with one attached hydrogen (secondary N) is 1. The third kappa shape index (κ3) is 1.29. The van der Waals surface area contributed by atoms with Gasteiger partial charge in [0.2, 0.25) is 0 Å². The highest BCUT2D eigenvalue weighted by molar-refractivity contribution is 5.95. The zero-order valence-corrected chi connectivity index (χ0v) is 9.94. The molecule has 0 fully saturated rings. The predicted molar refractivity (Wildman–Crippen MR) is 72.9 cm³/mol. The first kappa shape index (κ1) is 9.77. The number of benzene rings is 2. The summed E-state index contributed by atoms with van der Waals surface area (Å²) >= 11 is 0. The number of aromatic amines is 1. The molecule has 0 bridgehead atoms. The lowest BCUT2D eigenvalue weighted by Crippen LogP contribution is -1.87. The topological polar surface area (TPSA) is 25.0 Å². The minimum absolute atomic E-state index is 0.799. The SMILES string of the molecule is c1cc2c(c(-c3cccc4cc[nH]c34)c1)CCO2. The van der Waals surface area contributed by atoms with Gasteiger partial charge in [-0.05, 0) is 23.1 Å². The largest absolute Gasteiger partial charge is 0.493 e. The predicted octanol–water partition coefficient (Wildman–Crippen LogP) is 3.77. The Morgan fingerprint density at radius 2 is 1.83 bits per heavy atom. The van der Waals surface area contributed by atoms with Crippen molar-refractivity contribution in [2.24, 2.45) is 0 Å². The van der Waals surface area contributed by atoms with Crippen LogP contribution in [0.3, 0.4) is 0 Å². The van der Waals surface area contributed by atoms with E-state index in [9.17, 15) is 0 Å². The summed E-state index contributed by atoms with van der Waals surface area (Å²) in [6, 6.07) is 14.8. The van der Waals surface area contributed by atoms with Crippen LogP contribution in [0.25, 0.3) is 22.0 Å². The second kappa shape index (κ2) is 3.64. The molecule has 1 N–H and O–H groups in total. The van der Waals surface area contributed by atoms with Gasteiger partial charge in [0.25, 0.3) is 0 Å². The Bertz CT molecular complexity index is 727. The molecule has 0 atom stereocenters. The van der Waals surface area contributed by atoms with Crippen molar-refractivity contribution in [1.29, 1.82) is 0 Å². The van der Waals surface area contributed by atoms with Gasteiger partial charge < -0.3 is 9.72 Å². The van der Waals surface area contributed by atoms with Crippen molar-refractivity contribution in [1.82, 2.24) is 4.98 Å². The summed E-state index contributed by atoms with van der Waals surface area (Å²) in [5.74, 6) is 1.04. The maximum Gasteiger partial charge on any atom is 0.123 e. The number of para-hydroxylation sites is 1. The van der Waals surface area contributed by atoms with E-state index in [1.165, 1.54) is 27.6 Å². The normalized spacial score (nSPS) is 13.6. The number of fused-ring (bicyclic) bond motifs is 2. The fraction of sp³-hybridized carbons (Fsp3) is 0.125. The Hall–Kier alpha value is -2.22. The zero-order chi connectivity index (χ0) is 11.9. The summed E-state index contributed by atoms with van der Waals surface area (Å²) in [6.45, 7) is 0.799. The summed E-state index contributed by atoms with van der Waals surface area (Å²) in [5.41, 5.74) is 5.09. The second-order valence-electron chi connectivity index (χ2n) is 4.63. The fourth-order valence-electron chi connectivity index (χ4n) is 2.78. The number of ether oxygens (including phenoxy) is 1. The Morgan fingerprint density at radius 3 is 2.83 bits per heavy atom. The van der Waals surface area contributed by atoms with Crippen molar-refractivity contribution < 1.29 is 4.74 Å². The van der Waals surface area contributed by atoms with Gasteiger partial charge in [-0.1, -0.05) is 30.3 Å². The van der Waals surface area contributed by atoms with Gasteiger partial charge in [0.05, 0.1) is 12.1 Å². The van der Waals surface area contributed by atoms with Gasteiger partial charge in [0.1, 0.15) is 5.75 Å². The van der Waals surface area contributed by atoms with E-state index in [1.54, 1.807) is 0 Å². The van der Waals surface area contributed by atoms with Gasteiger partial charge in [-0.3, -0.25) is 0 Å². The molecule has 88 valence electrons. The molecule has 0 radical (unpaired) electrons. The van der Waals surface area contributed by atoms with Gasteiger partial charge >= 0.3 is 0 Å². The highest BCUT2D eigenvalue weighted by Crippen LogP contribution is 2.37. The molecule has 1 aliphatic heterocycles. The van der Waals surface area contributed by atoms with E-state index in [4.69, 9.17) is 4.74 Å². The van der Waals surface area contributed by atoms with E-state index in [0.717, 1.165) is 18.8 Å². The molecule has 0 saturated carbocycles. The molecule has 0 amide bonds. The molecule has 0 spiro atoms. The maximum atomic E-state index is 5.64. The molecule has 1 aromatic heterocycles. The average molecular weight is 235 g/mol. The van der Waals surface area contributed by atoms with Gasteiger partial charge in [0.15, 0.2) is 0 Å². The van der Waals surface area contributed by atoms with Crippen molar-refractivity contribution in [2.75, 3.05) is 6.61 Å². The molecule has 2 nitrogen and oxygen atoms in total. The molecule has 0 saturated heterocycles. The van der Waals surface area contributed by atoms with Crippen LogP contribution < -0.4 is 4.74 Å². The minimum atomic E-state index is 0.799. The number of aromatic nitrogens is 1. The summed E-state index contributed by atoms with van der Waals surface area (Å²) in [7, 11) is 0. The second-order valence-corrected chi connectivity index (χ2v) is 4.63. The van der Waals surface area contributed by atoms with Crippen LogP contribution in [0.15, 0.2) is 48.7 Å². The van der Waals surface area contributed by atoms with Gasteiger partial charge in [-0.15, -0.1) is 0 Å². The molecule has 18 heavy (non-hydrogen) atoms. The van der Waals surface area contributed by atoms with Crippen molar-refractivity contribution in [3.8, 4) is 16.9 Å². The van der Waals surface area contributed by atoms with Crippen LogP contribution in [0.1, 0.15) is 5.56 Å². The number of hydrogen-bond acceptors (Lipinski definition) is 1. The van der Waals surface area contributed by atoms with E-state index in [2.05, 4.69) is 47.4 Å². The smallest absolute Gasteiger partial charge is 0.123 e. The standard InChI is InChI=1S/C16H13NO/c1-3-11-7-9-17-16(11)14(5-1)12-4-2-6-15-13(12)8-10-18-15/h1-7,9,17H,8,10H2. The van der Waals surface area contributed by atoms with Gasteiger partial charge in [0, 0.05) is 23.7 Å². The summed E-state index contributed by atoms with van der Waals surface area (Å²) in [6.07, 6.45) is 3.00. The minimum Gasteiger partial charge on any atom is -0.493 e. The quantitative estimate of drug-likeness (QED) is 0.682. The highest BCUT2D eigenvalue weighted by atomic mass is 16.5. The van der Waals surface area contributed by atoms with Crippen molar-refractivity contribution >= 4 is 10.9 Å². The van der Waals surface area contributed by atoms with Crippen LogP contribution in [0.2, 0.25) is 0 Å². The first-order valence-electron chi connectivity index (χ1n) is 6.25. The molecule has 2 aromatic carbocycles. The third-order valence-corrected chi connectivity index (χ3v) is 3.62. The van der Waals surface area contributed by atoms with Crippen LogP contribution in [-0.2, 0) is 6.42 Å². The van der Waals surface area contributed by atoms with E-state index in [1.807, 2.05) is 6.20 Å². The Balaban J connectivity index is 2.03. The van der Waals surface area contributed by atoms with Gasteiger partial charge in [-0.2, -0.15) is 0 Å². The summed E-state index contributed by atoms with van der Waals surface area (Å²) in [4.78, 5) is 3.34.